The second-order valence-electron chi connectivity index (χ2n) is 3.17. The lowest BCUT2D eigenvalue weighted by atomic mass is 10.00. The third kappa shape index (κ3) is 1.62. The van der Waals surface area contributed by atoms with Gasteiger partial charge in [-0.15, -0.1) is 0 Å². The summed E-state index contributed by atoms with van der Waals surface area (Å²) in [6.07, 6.45) is 10.4. The van der Waals surface area contributed by atoms with Crippen molar-refractivity contribution in [3.05, 3.63) is 66.3 Å². The van der Waals surface area contributed by atoms with Gasteiger partial charge in [0.1, 0.15) is 0 Å². The van der Waals surface area contributed by atoms with Gasteiger partial charge in [0.15, 0.2) is 0 Å². The van der Waals surface area contributed by atoms with Crippen LogP contribution in [0.5, 0.6) is 0 Å². The lowest BCUT2D eigenvalue weighted by molar-refractivity contribution is 1.10. The molecule has 0 amide bonds. The minimum atomic E-state index is 0.471. The summed E-state index contributed by atoms with van der Waals surface area (Å²) >= 11 is 0. The smallest absolute Gasteiger partial charge is 0.0204 e. The summed E-state index contributed by atoms with van der Waals surface area (Å²) < 4.78 is 0. The highest BCUT2D eigenvalue weighted by Crippen LogP contribution is 2.22. The summed E-state index contributed by atoms with van der Waals surface area (Å²) in [5, 5.41) is 0. The highest BCUT2D eigenvalue weighted by molar-refractivity contribution is 5.48. The molecular weight excluding hydrogens is 156 g/mol. The Kier molecular flexibility index (Phi) is 2.13. The van der Waals surface area contributed by atoms with Gasteiger partial charge in [-0.1, -0.05) is 61.2 Å². The number of allylic oxidation sites excluding steroid dienone is 4. The maximum atomic E-state index is 3.73. The van der Waals surface area contributed by atoms with Crippen LogP contribution in [-0.4, -0.2) is 0 Å². The second kappa shape index (κ2) is 3.44. The van der Waals surface area contributed by atoms with Crippen LogP contribution in [0.3, 0.4) is 0 Å². The Morgan fingerprint density at radius 1 is 1.00 bits per heavy atom. The van der Waals surface area contributed by atoms with E-state index < -0.39 is 0 Å². The maximum Gasteiger partial charge on any atom is 0.0204 e. The molecule has 0 bridgehead atoms. The van der Waals surface area contributed by atoms with E-state index in [9.17, 15) is 0 Å². The summed E-state index contributed by atoms with van der Waals surface area (Å²) in [5.41, 5.74) is 2.52. The summed E-state index contributed by atoms with van der Waals surface area (Å²) in [6, 6.07) is 8.51. The van der Waals surface area contributed by atoms with Crippen molar-refractivity contribution in [3.63, 3.8) is 0 Å². The molecule has 0 N–H and O–H groups in total. The van der Waals surface area contributed by atoms with E-state index in [-0.39, 0.29) is 0 Å². The number of hydrogen-bond donors (Lipinski definition) is 0. The summed E-state index contributed by atoms with van der Waals surface area (Å²) in [5.74, 6) is 0.471. The fourth-order valence-electron chi connectivity index (χ4n) is 1.51. The minimum Gasteiger partial charge on any atom is -0.0985 e. The highest BCUT2D eigenvalue weighted by atomic mass is 14.1. The van der Waals surface area contributed by atoms with Gasteiger partial charge in [-0.25, -0.2) is 0 Å². The topological polar surface area (TPSA) is 0 Å². The molecule has 1 aliphatic rings. The molecule has 0 fully saturated rings. The van der Waals surface area contributed by atoms with Crippen molar-refractivity contribution in [3.8, 4) is 0 Å². The van der Waals surface area contributed by atoms with Gasteiger partial charge >= 0.3 is 0 Å². The lowest BCUT2D eigenvalue weighted by Crippen LogP contribution is -1.87. The molecule has 0 heterocycles. The number of rotatable bonds is 2. The zero-order valence-electron chi connectivity index (χ0n) is 7.48. The first kappa shape index (κ1) is 8.06. The molecule has 64 valence electrons. The largest absolute Gasteiger partial charge is 0.0985 e. The van der Waals surface area contributed by atoms with E-state index in [2.05, 4.69) is 55.1 Å². The van der Waals surface area contributed by atoms with E-state index >= 15 is 0 Å². The first-order valence-corrected chi connectivity index (χ1v) is 4.47. The third-order valence-corrected chi connectivity index (χ3v) is 2.31. The van der Waals surface area contributed by atoms with Crippen LogP contribution >= 0.6 is 0 Å². The standard InChI is InChI=1S/C13H12/c1-2-11-7-9-13(10-8-11)12-5-3-4-6-12/h2-10,12H,1H2. The van der Waals surface area contributed by atoms with Gasteiger partial charge in [-0.3, -0.25) is 0 Å². The first-order chi connectivity index (χ1) is 6.40. The van der Waals surface area contributed by atoms with Crippen molar-refractivity contribution in [1.29, 1.82) is 0 Å². The fraction of sp³-hybridized carbons (Fsp3) is 0.0769. The molecule has 0 saturated heterocycles. The van der Waals surface area contributed by atoms with Crippen LogP contribution in [0.15, 0.2) is 55.1 Å². The van der Waals surface area contributed by atoms with Crippen molar-refractivity contribution in [2.45, 2.75) is 5.92 Å². The Hall–Kier alpha value is -1.56. The molecule has 1 aliphatic carbocycles. The zero-order valence-corrected chi connectivity index (χ0v) is 7.48. The van der Waals surface area contributed by atoms with Gasteiger partial charge < -0.3 is 0 Å². The van der Waals surface area contributed by atoms with Crippen LogP contribution in [-0.2, 0) is 0 Å². The molecule has 0 atom stereocenters. The second-order valence-corrected chi connectivity index (χ2v) is 3.17. The van der Waals surface area contributed by atoms with E-state index in [1.54, 1.807) is 0 Å². The maximum absolute atomic E-state index is 3.73. The molecule has 0 saturated carbocycles. The van der Waals surface area contributed by atoms with Gasteiger partial charge in [0, 0.05) is 5.92 Å². The molecule has 0 unspecified atom stereocenters. The highest BCUT2D eigenvalue weighted by Gasteiger charge is 2.05. The van der Waals surface area contributed by atoms with E-state index in [1.165, 1.54) is 11.1 Å². The Bertz CT molecular complexity index is 340. The summed E-state index contributed by atoms with van der Waals surface area (Å²) in [6.45, 7) is 3.73. The van der Waals surface area contributed by atoms with Gasteiger partial charge in [-0.2, -0.15) is 0 Å². The predicted octanol–water partition coefficient (Wildman–Crippen LogP) is 3.54. The molecule has 0 heteroatoms. The van der Waals surface area contributed by atoms with Crippen molar-refractivity contribution in [1.82, 2.24) is 0 Å². The Labute approximate surface area is 78.9 Å². The van der Waals surface area contributed by atoms with Gasteiger partial charge in [-0.05, 0) is 11.1 Å². The molecular formula is C13H12. The molecule has 0 aromatic heterocycles. The summed E-state index contributed by atoms with van der Waals surface area (Å²) in [4.78, 5) is 0. The number of hydrogen-bond acceptors (Lipinski definition) is 0. The van der Waals surface area contributed by atoms with Crippen LogP contribution < -0.4 is 0 Å². The summed E-state index contributed by atoms with van der Waals surface area (Å²) in [7, 11) is 0. The van der Waals surface area contributed by atoms with E-state index in [1.807, 2.05) is 6.08 Å². The third-order valence-electron chi connectivity index (χ3n) is 2.31. The Balaban J connectivity index is 2.27. The number of benzene rings is 1. The van der Waals surface area contributed by atoms with Crippen molar-refractivity contribution in [2.75, 3.05) is 0 Å². The Morgan fingerprint density at radius 2 is 1.62 bits per heavy atom. The van der Waals surface area contributed by atoms with Gasteiger partial charge in [0.2, 0.25) is 0 Å². The fourth-order valence-corrected chi connectivity index (χ4v) is 1.51. The SMILES string of the molecule is C=Cc1ccc(C2C=CC=C2)cc1. The Morgan fingerprint density at radius 3 is 2.15 bits per heavy atom. The van der Waals surface area contributed by atoms with Crippen molar-refractivity contribution in [2.24, 2.45) is 0 Å². The van der Waals surface area contributed by atoms with E-state index in [0.29, 0.717) is 5.92 Å². The molecule has 2 rings (SSSR count). The van der Waals surface area contributed by atoms with Crippen LogP contribution in [0.1, 0.15) is 17.0 Å². The van der Waals surface area contributed by atoms with E-state index in [0.717, 1.165) is 0 Å². The van der Waals surface area contributed by atoms with E-state index in [4.69, 9.17) is 0 Å². The molecule has 1 aromatic rings. The molecule has 0 radical (unpaired) electrons. The lowest BCUT2D eigenvalue weighted by Gasteiger charge is -2.05. The average molecular weight is 168 g/mol. The average Bonchev–Trinajstić information content (AvgIpc) is 2.71. The molecule has 0 aliphatic heterocycles. The first-order valence-electron chi connectivity index (χ1n) is 4.47. The van der Waals surface area contributed by atoms with Gasteiger partial charge in [0.25, 0.3) is 0 Å². The van der Waals surface area contributed by atoms with Crippen LogP contribution in [0.4, 0.5) is 0 Å². The normalized spacial score (nSPS) is 15.1. The molecule has 13 heavy (non-hydrogen) atoms. The monoisotopic (exact) mass is 168 g/mol. The van der Waals surface area contributed by atoms with Crippen LogP contribution in [0.2, 0.25) is 0 Å². The predicted molar refractivity (Wildman–Crippen MR) is 57.6 cm³/mol. The quantitative estimate of drug-likeness (QED) is 0.633. The van der Waals surface area contributed by atoms with Crippen molar-refractivity contribution >= 4 is 6.08 Å². The van der Waals surface area contributed by atoms with Gasteiger partial charge in [0.05, 0.1) is 0 Å². The van der Waals surface area contributed by atoms with Crippen molar-refractivity contribution < 1.29 is 0 Å². The molecule has 0 spiro atoms. The van der Waals surface area contributed by atoms with Crippen LogP contribution in [0, 0.1) is 0 Å². The van der Waals surface area contributed by atoms with Crippen LogP contribution in [0.25, 0.3) is 6.08 Å². The minimum absolute atomic E-state index is 0.471. The molecule has 1 aromatic carbocycles. The zero-order chi connectivity index (χ0) is 9.10. The molecule has 0 nitrogen and oxygen atoms in total.